The average Bonchev–Trinajstić information content (AvgIpc) is 2.54. The summed E-state index contributed by atoms with van der Waals surface area (Å²) in [6.07, 6.45) is 0. The first kappa shape index (κ1) is 15.3. The van der Waals surface area contributed by atoms with Gasteiger partial charge in [0.25, 0.3) is 0 Å². The molecule has 0 bridgehead atoms. The van der Waals surface area contributed by atoms with E-state index in [0.29, 0.717) is 28.2 Å². The minimum Gasteiger partial charge on any atom is -0.506 e. The fraction of sp³-hybridized carbons (Fsp3) is 0.111. The third-order valence-corrected chi connectivity index (χ3v) is 3.96. The number of hydrogen-bond acceptors (Lipinski definition) is 4. The Morgan fingerprint density at radius 2 is 1.87 bits per heavy atom. The summed E-state index contributed by atoms with van der Waals surface area (Å²) in [4.78, 5) is 16.5. The van der Waals surface area contributed by atoms with Gasteiger partial charge < -0.3 is 9.52 Å². The number of nitrogens with zero attached hydrogens (tertiary/aromatic N) is 1. The fourth-order valence-corrected chi connectivity index (χ4v) is 2.56. The van der Waals surface area contributed by atoms with E-state index in [-0.39, 0.29) is 11.3 Å². The van der Waals surface area contributed by atoms with Gasteiger partial charge in [0.1, 0.15) is 16.9 Å². The molecule has 0 unspecified atom stereocenters. The number of para-hydroxylation sites is 1. The molecule has 0 aliphatic carbocycles. The highest BCUT2D eigenvalue weighted by Crippen LogP contribution is 2.26. The van der Waals surface area contributed by atoms with Crippen molar-refractivity contribution in [2.75, 3.05) is 0 Å². The first-order chi connectivity index (χ1) is 11.1. The zero-order valence-corrected chi connectivity index (χ0v) is 13.2. The van der Waals surface area contributed by atoms with Gasteiger partial charge in [-0.3, -0.25) is 4.99 Å². The van der Waals surface area contributed by atoms with Crippen molar-refractivity contribution in [2.24, 2.45) is 4.99 Å². The number of rotatable bonds is 3. The van der Waals surface area contributed by atoms with Gasteiger partial charge in [0.15, 0.2) is 0 Å². The Hall–Kier alpha value is -2.59. The third-order valence-electron chi connectivity index (χ3n) is 3.59. The molecule has 0 aliphatic rings. The minimum absolute atomic E-state index is 0.0794. The lowest BCUT2D eigenvalue weighted by Gasteiger charge is -2.06. The van der Waals surface area contributed by atoms with Crippen LogP contribution in [0, 0.1) is 0 Å². The molecule has 0 saturated carbocycles. The summed E-state index contributed by atoms with van der Waals surface area (Å²) in [7, 11) is 0. The van der Waals surface area contributed by atoms with E-state index in [1.165, 1.54) is 0 Å². The lowest BCUT2D eigenvalue weighted by Crippen LogP contribution is -2.13. The van der Waals surface area contributed by atoms with Gasteiger partial charge >= 0.3 is 5.63 Å². The second-order valence-electron chi connectivity index (χ2n) is 5.10. The van der Waals surface area contributed by atoms with Crippen molar-refractivity contribution < 1.29 is 9.52 Å². The van der Waals surface area contributed by atoms with E-state index in [2.05, 4.69) is 4.99 Å². The number of fused-ring (bicyclic) bond motifs is 1. The van der Waals surface area contributed by atoms with Gasteiger partial charge in [-0.25, -0.2) is 4.79 Å². The van der Waals surface area contributed by atoms with Gasteiger partial charge in [0, 0.05) is 5.02 Å². The van der Waals surface area contributed by atoms with E-state index in [4.69, 9.17) is 16.0 Å². The van der Waals surface area contributed by atoms with E-state index in [1.807, 2.05) is 18.2 Å². The van der Waals surface area contributed by atoms with Crippen molar-refractivity contribution >= 4 is 28.3 Å². The molecule has 0 aliphatic heterocycles. The number of aliphatic imine (C=N–C) groups is 1. The third kappa shape index (κ3) is 2.98. The summed E-state index contributed by atoms with van der Waals surface area (Å²) in [5, 5.41) is 11.5. The molecular weight excluding hydrogens is 314 g/mol. The van der Waals surface area contributed by atoms with E-state index in [0.717, 1.165) is 5.56 Å². The molecule has 4 nitrogen and oxygen atoms in total. The number of aromatic hydroxyl groups is 1. The molecule has 0 amide bonds. The lowest BCUT2D eigenvalue weighted by atomic mass is 10.1. The summed E-state index contributed by atoms with van der Waals surface area (Å²) in [5.41, 5.74) is 1.06. The van der Waals surface area contributed by atoms with Crippen LogP contribution in [0.3, 0.4) is 0 Å². The van der Waals surface area contributed by atoms with Crippen LogP contribution < -0.4 is 5.63 Å². The zero-order valence-electron chi connectivity index (χ0n) is 12.4. The molecule has 116 valence electrons. The van der Waals surface area contributed by atoms with E-state index in [1.54, 1.807) is 37.3 Å². The summed E-state index contributed by atoms with van der Waals surface area (Å²) in [5.74, 6) is -0.114. The monoisotopic (exact) mass is 327 g/mol. The van der Waals surface area contributed by atoms with Gasteiger partial charge in [-0.15, -0.1) is 0 Å². The normalized spacial score (nSPS) is 11.8. The van der Waals surface area contributed by atoms with Crippen LogP contribution in [0.2, 0.25) is 5.02 Å². The van der Waals surface area contributed by atoms with Crippen molar-refractivity contribution in [1.82, 2.24) is 0 Å². The first-order valence-electron chi connectivity index (χ1n) is 7.07. The fourth-order valence-electron chi connectivity index (χ4n) is 2.36. The van der Waals surface area contributed by atoms with Crippen LogP contribution in [0.5, 0.6) is 5.75 Å². The first-order valence-corrected chi connectivity index (χ1v) is 7.45. The van der Waals surface area contributed by atoms with Crippen LogP contribution in [0.25, 0.3) is 11.0 Å². The molecule has 5 heteroatoms. The molecule has 1 heterocycles. The van der Waals surface area contributed by atoms with Gasteiger partial charge in [-0.05, 0) is 30.7 Å². The summed E-state index contributed by atoms with van der Waals surface area (Å²) >= 11 is 6.10. The highest BCUT2D eigenvalue weighted by Gasteiger charge is 2.16. The predicted octanol–water partition coefficient (Wildman–Crippen LogP) is 4.16. The second-order valence-corrected chi connectivity index (χ2v) is 5.51. The molecule has 3 rings (SSSR count). The number of hydrogen-bond donors (Lipinski definition) is 1. The molecular formula is C18H14ClNO3. The standard InChI is InChI=1S/C18H14ClNO3/c1-11(20-10-12-6-2-4-8-14(12)19)16-17(21)13-7-3-5-9-15(13)23-18(16)22/h2-9,21H,10H2,1H3. The molecule has 23 heavy (non-hydrogen) atoms. The maximum atomic E-state index is 12.1. The molecule has 0 fully saturated rings. The van der Waals surface area contributed by atoms with Gasteiger partial charge in [0.2, 0.25) is 0 Å². The number of halogens is 1. The smallest absolute Gasteiger partial charge is 0.349 e. The van der Waals surface area contributed by atoms with Crippen LogP contribution in [0.1, 0.15) is 18.1 Å². The molecule has 0 atom stereocenters. The maximum absolute atomic E-state index is 12.1. The second kappa shape index (κ2) is 6.26. The largest absolute Gasteiger partial charge is 0.506 e. The Morgan fingerprint density at radius 1 is 1.17 bits per heavy atom. The van der Waals surface area contributed by atoms with E-state index >= 15 is 0 Å². The van der Waals surface area contributed by atoms with E-state index < -0.39 is 5.63 Å². The molecule has 0 spiro atoms. The van der Waals surface area contributed by atoms with Gasteiger partial charge in [-0.1, -0.05) is 41.9 Å². The molecule has 0 radical (unpaired) electrons. The summed E-state index contributed by atoms with van der Waals surface area (Å²) in [6.45, 7) is 1.98. The quantitative estimate of drug-likeness (QED) is 0.580. The summed E-state index contributed by atoms with van der Waals surface area (Å²) < 4.78 is 5.25. The predicted molar refractivity (Wildman–Crippen MR) is 91.5 cm³/mol. The van der Waals surface area contributed by atoms with Crippen LogP contribution in [-0.2, 0) is 6.54 Å². The van der Waals surface area contributed by atoms with Crippen molar-refractivity contribution in [1.29, 1.82) is 0 Å². The minimum atomic E-state index is -0.610. The van der Waals surface area contributed by atoms with Crippen molar-refractivity contribution in [3.63, 3.8) is 0 Å². The van der Waals surface area contributed by atoms with E-state index in [9.17, 15) is 9.90 Å². The van der Waals surface area contributed by atoms with Gasteiger partial charge in [0.05, 0.1) is 17.6 Å². The Labute approximate surface area is 137 Å². The molecule has 3 aromatic rings. The maximum Gasteiger partial charge on any atom is 0.349 e. The number of benzene rings is 2. The Bertz CT molecular complexity index is 960. The zero-order chi connectivity index (χ0) is 16.4. The lowest BCUT2D eigenvalue weighted by molar-refractivity contribution is 0.466. The van der Waals surface area contributed by atoms with Crippen LogP contribution in [-0.4, -0.2) is 10.8 Å². The van der Waals surface area contributed by atoms with Crippen LogP contribution >= 0.6 is 11.6 Å². The molecule has 2 aromatic carbocycles. The topological polar surface area (TPSA) is 62.8 Å². The molecule has 1 N–H and O–H groups in total. The van der Waals surface area contributed by atoms with Gasteiger partial charge in [-0.2, -0.15) is 0 Å². The Balaban J connectivity index is 2.04. The molecule has 0 saturated heterocycles. The van der Waals surface area contributed by atoms with Crippen LogP contribution in [0.15, 0.2) is 62.7 Å². The Morgan fingerprint density at radius 3 is 2.65 bits per heavy atom. The van der Waals surface area contributed by atoms with Crippen LogP contribution in [0.4, 0.5) is 0 Å². The summed E-state index contributed by atoms with van der Waals surface area (Å²) in [6, 6.07) is 14.2. The van der Waals surface area contributed by atoms with Crippen molar-refractivity contribution in [3.8, 4) is 5.75 Å². The SMILES string of the molecule is CC(=NCc1ccccc1Cl)c1c(O)c2ccccc2oc1=O. The van der Waals surface area contributed by atoms with Crippen molar-refractivity contribution in [3.05, 3.63) is 75.1 Å². The Kier molecular flexibility index (Phi) is 4.17. The highest BCUT2D eigenvalue weighted by molar-refractivity contribution is 6.31. The highest BCUT2D eigenvalue weighted by atomic mass is 35.5. The van der Waals surface area contributed by atoms with Crippen molar-refractivity contribution in [2.45, 2.75) is 13.5 Å². The average molecular weight is 328 g/mol. The molecule has 1 aromatic heterocycles.